The maximum Gasteiger partial charge on any atom is 0.270 e. The number of rotatable bonds is 6. The monoisotopic (exact) mass is 447 g/mol. The van der Waals surface area contributed by atoms with Gasteiger partial charge in [0.15, 0.2) is 16.7 Å². The van der Waals surface area contributed by atoms with Gasteiger partial charge in [-0.3, -0.25) is 4.79 Å². The second kappa shape index (κ2) is 9.23. The fourth-order valence-corrected chi connectivity index (χ4v) is 3.50. The second-order valence-electron chi connectivity index (χ2n) is 5.77. The highest BCUT2D eigenvalue weighted by Gasteiger charge is 2.16. The molecule has 0 atom stereocenters. The Morgan fingerprint density at radius 2 is 1.93 bits per heavy atom. The van der Waals surface area contributed by atoms with Crippen molar-refractivity contribution in [2.24, 2.45) is 0 Å². The maximum absolute atomic E-state index is 12.2. The summed E-state index contributed by atoms with van der Waals surface area (Å²) in [6.07, 6.45) is 1.78. The van der Waals surface area contributed by atoms with Gasteiger partial charge in [0, 0.05) is 21.2 Å². The SMILES string of the molecule is COc1ccc(-c2nc(SC)[nH]c(=O)c2C#N)cc1OCc1c(Cl)cccc1Cl. The number of aromatic nitrogens is 2. The van der Waals surface area contributed by atoms with Crippen molar-refractivity contribution in [3.8, 4) is 28.8 Å². The Balaban J connectivity index is 2.04. The number of halogens is 2. The Bertz CT molecular complexity index is 1140. The lowest BCUT2D eigenvalue weighted by atomic mass is 10.1. The molecule has 3 rings (SSSR count). The molecule has 0 radical (unpaired) electrons. The van der Waals surface area contributed by atoms with Crippen LogP contribution in [0.2, 0.25) is 10.0 Å². The lowest BCUT2D eigenvalue weighted by Crippen LogP contribution is -2.14. The second-order valence-corrected chi connectivity index (χ2v) is 7.37. The number of benzene rings is 2. The predicted molar refractivity (Wildman–Crippen MR) is 114 cm³/mol. The summed E-state index contributed by atoms with van der Waals surface area (Å²) in [6, 6.07) is 12.2. The Kier molecular flexibility index (Phi) is 6.70. The molecule has 0 aliphatic heterocycles. The lowest BCUT2D eigenvalue weighted by molar-refractivity contribution is 0.285. The van der Waals surface area contributed by atoms with E-state index < -0.39 is 5.56 Å². The fourth-order valence-electron chi connectivity index (χ4n) is 2.62. The number of ether oxygens (including phenoxy) is 2. The van der Waals surface area contributed by atoms with Crippen molar-refractivity contribution in [2.75, 3.05) is 13.4 Å². The van der Waals surface area contributed by atoms with Gasteiger partial charge in [-0.1, -0.05) is 41.0 Å². The van der Waals surface area contributed by atoms with E-state index in [1.54, 1.807) is 42.7 Å². The van der Waals surface area contributed by atoms with Gasteiger partial charge in [-0.2, -0.15) is 5.26 Å². The molecule has 1 aromatic heterocycles. The summed E-state index contributed by atoms with van der Waals surface area (Å²) in [5.41, 5.74) is 0.879. The van der Waals surface area contributed by atoms with Gasteiger partial charge in [-0.25, -0.2) is 4.98 Å². The zero-order chi connectivity index (χ0) is 21.0. The molecule has 6 nitrogen and oxygen atoms in total. The van der Waals surface area contributed by atoms with Gasteiger partial charge in [0.25, 0.3) is 5.56 Å². The number of aromatic amines is 1. The molecule has 2 aromatic carbocycles. The van der Waals surface area contributed by atoms with Crippen LogP contribution in [0.4, 0.5) is 0 Å². The Labute approximate surface area is 181 Å². The number of nitriles is 1. The van der Waals surface area contributed by atoms with Gasteiger partial charge in [0.2, 0.25) is 0 Å². The first-order valence-corrected chi connectivity index (χ1v) is 10.3. The minimum absolute atomic E-state index is 0.0759. The zero-order valence-corrected chi connectivity index (χ0v) is 17.8. The van der Waals surface area contributed by atoms with Gasteiger partial charge in [0.05, 0.1) is 12.8 Å². The van der Waals surface area contributed by atoms with E-state index in [1.165, 1.54) is 18.9 Å². The molecule has 0 spiro atoms. The zero-order valence-electron chi connectivity index (χ0n) is 15.5. The van der Waals surface area contributed by atoms with Crippen LogP contribution in [0.15, 0.2) is 46.3 Å². The third-order valence-electron chi connectivity index (χ3n) is 4.07. The van der Waals surface area contributed by atoms with E-state index >= 15 is 0 Å². The van der Waals surface area contributed by atoms with Crippen LogP contribution >= 0.6 is 35.0 Å². The fraction of sp³-hybridized carbons (Fsp3) is 0.150. The van der Waals surface area contributed by atoms with E-state index in [1.807, 2.05) is 6.07 Å². The third kappa shape index (κ3) is 4.51. The number of nitrogens with zero attached hydrogens (tertiary/aromatic N) is 2. The molecule has 0 bridgehead atoms. The summed E-state index contributed by atoms with van der Waals surface area (Å²) >= 11 is 13.7. The van der Waals surface area contributed by atoms with Gasteiger partial charge in [-0.15, -0.1) is 0 Å². The molecule has 1 N–H and O–H groups in total. The number of H-pyrrole nitrogens is 1. The first kappa shape index (κ1) is 21.1. The Hall–Kier alpha value is -2.66. The summed E-state index contributed by atoms with van der Waals surface area (Å²) in [6.45, 7) is 0.113. The van der Waals surface area contributed by atoms with Gasteiger partial charge in [0.1, 0.15) is 18.2 Å². The van der Waals surface area contributed by atoms with Crippen molar-refractivity contribution in [3.05, 3.63) is 67.9 Å². The van der Waals surface area contributed by atoms with Crippen molar-refractivity contribution in [2.45, 2.75) is 11.8 Å². The minimum atomic E-state index is -0.497. The van der Waals surface area contributed by atoms with Crippen molar-refractivity contribution in [1.82, 2.24) is 9.97 Å². The molecule has 0 aliphatic rings. The molecule has 0 aliphatic carbocycles. The third-order valence-corrected chi connectivity index (χ3v) is 5.36. The summed E-state index contributed by atoms with van der Waals surface area (Å²) in [7, 11) is 1.52. The highest BCUT2D eigenvalue weighted by atomic mass is 35.5. The smallest absolute Gasteiger partial charge is 0.270 e. The summed E-state index contributed by atoms with van der Waals surface area (Å²) in [4.78, 5) is 19.2. The quantitative estimate of drug-likeness (QED) is 0.425. The van der Waals surface area contributed by atoms with E-state index in [4.69, 9.17) is 32.7 Å². The van der Waals surface area contributed by atoms with E-state index in [2.05, 4.69) is 9.97 Å². The summed E-state index contributed by atoms with van der Waals surface area (Å²) in [5, 5.41) is 10.8. The van der Waals surface area contributed by atoms with E-state index in [9.17, 15) is 10.1 Å². The molecule has 29 heavy (non-hydrogen) atoms. The van der Waals surface area contributed by atoms with Crippen molar-refractivity contribution in [3.63, 3.8) is 0 Å². The average molecular weight is 448 g/mol. The highest BCUT2D eigenvalue weighted by molar-refractivity contribution is 7.98. The molecular weight excluding hydrogens is 433 g/mol. The topological polar surface area (TPSA) is 88.0 Å². The molecule has 0 amide bonds. The van der Waals surface area contributed by atoms with E-state index in [-0.39, 0.29) is 17.9 Å². The van der Waals surface area contributed by atoms with Crippen LogP contribution in [0.1, 0.15) is 11.1 Å². The minimum Gasteiger partial charge on any atom is -0.493 e. The first-order chi connectivity index (χ1) is 14.0. The molecular formula is C20H15Cl2N3O3S. The molecule has 9 heteroatoms. The standard InChI is InChI=1S/C20H15Cl2N3O3S/c1-27-16-7-6-11(18-12(9-23)19(26)25-20(24-18)29-2)8-17(16)28-10-13-14(21)4-3-5-15(13)22/h3-8H,10H2,1-2H3,(H,24,25,26). The lowest BCUT2D eigenvalue weighted by Gasteiger charge is -2.14. The van der Waals surface area contributed by atoms with Gasteiger partial charge in [-0.05, 0) is 36.6 Å². The average Bonchev–Trinajstić information content (AvgIpc) is 2.72. The van der Waals surface area contributed by atoms with Crippen molar-refractivity contribution < 1.29 is 9.47 Å². The Morgan fingerprint density at radius 1 is 1.21 bits per heavy atom. The summed E-state index contributed by atoms with van der Waals surface area (Å²) in [5.74, 6) is 0.878. The van der Waals surface area contributed by atoms with Crippen LogP contribution < -0.4 is 15.0 Å². The molecule has 0 unspecified atom stereocenters. The van der Waals surface area contributed by atoms with Crippen LogP contribution in [-0.2, 0) is 6.61 Å². The van der Waals surface area contributed by atoms with Crippen LogP contribution in [-0.4, -0.2) is 23.3 Å². The molecule has 1 heterocycles. The van der Waals surface area contributed by atoms with Crippen LogP contribution in [0.25, 0.3) is 11.3 Å². The molecule has 0 saturated carbocycles. The van der Waals surface area contributed by atoms with E-state index in [0.717, 1.165) is 0 Å². The normalized spacial score (nSPS) is 10.4. The number of hydrogen-bond acceptors (Lipinski definition) is 6. The molecule has 148 valence electrons. The number of thioether (sulfide) groups is 1. The summed E-state index contributed by atoms with van der Waals surface area (Å²) < 4.78 is 11.3. The molecule has 3 aromatic rings. The van der Waals surface area contributed by atoms with E-state index in [0.29, 0.717) is 37.8 Å². The van der Waals surface area contributed by atoms with Crippen molar-refractivity contribution in [1.29, 1.82) is 5.26 Å². The van der Waals surface area contributed by atoms with Gasteiger partial charge < -0.3 is 14.5 Å². The first-order valence-electron chi connectivity index (χ1n) is 8.31. The molecule has 0 fully saturated rings. The molecule has 0 saturated heterocycles. The maximum atomic E-state index is 12.2. The largest absolute Gasteiger partial charge is 0.493 e. The van der Waals surface area contributed by atoms with Crippen LogP contribution in [0, 0.1) is 11.3 Å². The van der Waals surface area contributed by atoms with Crippen molar-refractivity contribution >= 4 is 35.0 Å². The predicted octanol–water partition coefficient (Wildman–Crippen LogP) is 4.92. The Morgan fingerprint density at radius 3 is 2.55 bits per heavy atom. The highest BCUT2D eigenvalue weighted by Crippen LogP contribution is 2.34. The number of nitrogens with one attached hydrogen (secondary N) is 1. The van der Waals surface area contributed by atoms with Gasteiger partial charge >= 0.3 is 0 Å². The van der Waals surface area contributed by atoms with Crippen LogP contribution in [0.5, 0.6) is 11.5 Å². The number of hydrogen-bond donors (Lipinski definition) is 1. The number of methoxy groups -OCH3 is 1. The van der Waals surface area contributed by atoms with Crippen LogP contribution in [0.3, 0.4) is 0 Å².